The first-order valence-electron chi connectivity index (χ1n) is 16.0. The van der Waals surface area contributed by atoms with E-state index in [0.717, 1.165) is 36.2 Å². The summed E-state index contributed by atoms with van der Waals surface area (Å²) in [6, 6.07) is 0. The maximum Gasteiger partial charge on any atom is 0.303 e. The number of carboxylic acid groups (broad SMARTS) is 1. The average Bonchev–Trinajstić information content (AvgIpc) is 2.83. The zero-order chi connectivity index (χ0) is 29.8. The summed E-state index contributed by atoms with van der Waals surface area (Å²) in [7, 11) is 0. The van der Waals surface area contributed by atoms with Crippen LogP contribution in [0.5, 0.6) is 0 Å². The van der Waals surface area contributed by atoms with Gasteiger partial charge in [-0.3, -0.25) is 9.59 Å². The molecule has 0 radical (unpaired) electrons. The van der Waals surface area contributed by atoms with Gasteiger partial charge in [0, 0.05) is 12.8 Å². The number of Topliss-reactive ketones (excluding diaryl/α,β-unsaturated/α-hetero) is 1. The monoisotopic (exact) mass is 542 g/mol. The van der Waals surface area contributed by atoms with Crippen LogP contribution in [-0.4, -0.2) is 16.9 Å². The Morgan fingerprint density at radius 2 is 1.18 bits per heavy atom. The highest BCUT2D eigenvalue weighted by molar-refractivity contribution is 5.85. The highest BCUT2D eigenvalue weighted by atomic mass is 16.4. The Labute approximate surface area is 241 Å². The van der Waals surface area contributed by atoms with E-state index in [0.29, 0.717) is 11.8 Å². The third kappa shape index (κ3) is 13.5. The second-order valence-corrected chi connectivity index (χ2v) is 14.1. The van der Waals surface area contributed by atoms with Crippen molar-refractivity contribution in [3.63, 3.8) is 0 Å². The van der Waals surface area contributed by atoms with Crippen LogP contribution in [-0.2, 0) is 22.4 Å². The third-order valence-electron chi connectivity index (χ3n) is 9.40. The summed E-state index contributed by atoms with van der Waals surface area (Å²) in [6.07, 6.45) is 14.7. The normalized spacial score (nSPS) is 13.6. The summed E-state index contributed by atoms with van der Waals surface area (Å²) < 4.78 is 0. The molecule has 3 nitrogen and oxygen atoms in total. The molecule has 0 aliphatic heterocycles. The second-order valence-electron chi connectivity index (χ2n) is 14.1. The van der Waals surface area contributed by atoms with E-state index < -0.39 is 5.97 Å². The van der Waals surface area contributed by atoms with E-state index in [1.54, 1.807) is 0 Å². The summed E-state index contributed by atoms with van der Waals surface area (Å²) in [4.78, 5) is 23.4. The lowest BCUT2D eigenvalue weighted by Gasteiger charge is -2.27. The molecule has 1 aromatic rings. The minimum Gasteiger partial charge on any atom is -0.481 e. The SMILES string of the molecule is Cc1c(C)c(CCC(C)(C)CCCC(C)CCCC(C)CCCC(C)C)c(C)c(CC(=O)CCC(=O)O)c1C. The van der Waals surface area contributed by atoms with Gasteiger partial charge in [0.15, 0.2) is 0 Å². The smallest absolute Gasteiger partial charge is 0.303 e. The van der Waals surface area contributed by atoms with Gasteiger partial charge in [0.25, 0.3) is 0 Å². The van der Waals surface area contributed by atoms with Crippen LogP contribution in [0.4, 0.5) is 0 Å². The summed E-state index contributed by atoms with van der Waals surface area (Å²) in [5.74, 6) is 1.63. The van der Waals surface area contributed by atoms with Crippen molar-refractivity contribution in [2.24, 2.45) is 23.2 Å². The van der Waals surface area contributed by atoms with Gasteiger partial charge in [0.05, 0.1) is 6.42 Å². The Kier molecular flexibility index (Phi) is 15.6. The van der Waals surface area contributed by atoms with Crippen LogP contribution in [0.1, 0.15) is 152 Å². The first-order chi connectivity index (χ1) is 18.1. The number of benzene rings is 1. The van der Waals surface area contributed by atoms with E-state index in [1.807, 2.05) is 0 Å². The molecule has 0 saturated heterocycles. The van der Waals surface area contributed by atoms with Crippen LogP contribution >= 0.6 is 0 Å². The van der Waals surface area contributed by atoms with Gasteiger partial charge in [0.2, 0.25) is 0 Å². The Morgan fingerprint density at radius 1 is 0.667 bits per heavy atom. The van der Waals surface area contributed by atoms with E-state index in [1.165, 1.54) is 85.6 Å². The predicted octanol–water partition coefficient (Wildman–Crippen LogP) is 10.3. The van der Waals surface area contributed by atoms with Gasteiger partial charge >= 0.3 is 5.97 Å². The van der Waals surface area contributed by atoms with E-state index >= 15 is 0 Å². The molecular formula is C36H62O3. The van der Waals surface area contributed by atoms with Crippen molar-refractivity contribution in [1.82, 2.24) is 0 Å². The standard InChI is InChI=1S/C36H62O3/c1-25(2)14-11-15-26(3)16-12-17-27(4)18-13-22-36(9,10)23-21-33-29(6)28(5)30(7)34(31(33)8)24-32(37)19-20-35(38)39/h25-27H,11-24H2,1-10H3,(H,38,39). The van der Waals surface area contributed by atoms with E-state index in [2.05, 4.69) is 69.2 Å². The van der Waals surface area contributed by atoms with Gasteiger partial charge in [-0.15, -0.1) is 0 Å². The van der Waals surface area contributed by atoms with E-state index in [4.69, 9.17) is 5.11 Å². The predicted molar refractivity (Wildman–Crippen MR) is 168 cm³/mol. The van der Waals surface area contributed by atoms with Crippen molar-refractivity contribution < 1.29 is 14.7 Å². The summed E-state index contributed by atoms with van der Waals surface area (Å²) in [5.41, 5.74) is 7.86. The van der Waals surface area contributed by atoms with Crippen molar-refractivity contribution in [2.45, 2.75) is 159 Å². The highest BCUT2D eigenvalue weighted by Crippen LogP contribution is 2.34. The molecule has 2 unspecified atom stereocenters. The van der Waals surface area contributed by atoms with Crippen molar-refractivity contribution in [2.75, 3.05) is 0 Å². The quantitative estimate of drug-likeness (QED) is 0.178. The highest BCUT2D eigenvalue weighted by Gasteiger charge is 2.22. The molecule has 39 heavy (non-hydrogen) atoms. The molecule has 0 aliphatic carbocycles. The van der Waals surface area contributed by atoms with Gasteiger partial charge in [0.1, 0.15) is 5.78 Å². The van der Waals surface area contributed by atoms with Gasteiger partial charge in [-0.05, 0) is 104 Å². The Hall–Kier alpha value is -1.64. The molecule has 3 heteroatoms. The molecule has 0 aliphatic rings. The molecule has 0 fully saturated rings. The summed E-state index contributed by atoms with van der Waals surface area (Å²) in [6.45, 7) is 23.0. The van der Waals surface area contributed by atoms with Crippen LogP contribution < -0.4 is 0 Å². The van der Waals surface area contributed by atoms with Crippen molar-refractivity contribution in [1.29, 1.82) is 0 Å². The Morgan fingerprint density at radius 3 is 1.72 bits per heavy atom. The molecule has 224 valence electrons. The van der Waals surface area contributed by atoms with Crippen LogP contribution in [0.3, 0.4) is 0 Å². The molecule has 1 aromatic carbocycles. The topological polar surface area (TPSA) is 54.4 Å². The van der Waals surface area contributed by atoms with Gasteiger partial charge in [-0.1, -0.05) is 92.9 Å². The molecule has 1 rings (SSSR count). The molecule has 2 atom stereocenters. The molecule has 0 saturated carbocycles. The van der Waals surface area contributed by atoms with Crippen molar-refractivity contribution in [3.8, 4) is 0 Å². The summed E-state index contributed by atoms with van der Waals surface area (Å²) in [5, 5.41) is 8.95. The van der Waals surface area contributed by atoms with Gasteiger partial charge in [-0.25, -0.2) is 0 Å². The molecule has 1 N–H and O–H groups in total. The van der Waals surface area contributed by atoms with Crippen LogP contribution in [0.15, 0.2) is 0 Å². The Bertz CT molecular complexity index is 909. The van der Waals surface area contributed by atoms with Crippen molar-refractivity contribution in [3.05, 3.63) is 33.4 Å². The first-order valence-corrected chi connectivity index (χ1v) is 16.0. The molecule has 0 bridgehead atoms. The number of carboxylic acids is 1. The van der Waals surface area contributed by atoms with Gasteiger partial charge in [-0.2, -0.15) is 0 Å². The van der Waals surface area contributed by atoms with E-state index in [9.17, 15) is 9.59 Å². The lowest BCUT2D eigenvalue weighted by Crippen LogP contribution is -2.16. The number of aliphatic carboxylic acids is 1. The number of carbonyl (C=O) groups excluding carboxylic acids is 1. The number of hydrogen-bond acceptors (Lipinski definition) is 2. The molecular weight excluding hydrogens is 480 g/mol. The third-order valence-corrected chi connectivity index (χ3v) is 9.40. The largest absolute Gasteiger partial charge is 0.481 e. The maximum atomic E-state index is 12.5. The fourth-order valence-electron chi connectivity index (χ4n) is 6.15. The molecule has 0 heterocycles. The average molecular weight is 543 g/mol. The number of rotatable bonds is 20. The van der Waals surface area contributed by atoms with E-state index in [-0.39, 0.29) is 18.6 Å². The second kappa shape index (κ2) is 17.2. The zero-order valence-electron chi connectivity index (χ0n) is 27.4. The molecule has 0 amide bonds. The molecule has 0 spiro atoms. The summed E-state index contributed by atoms with van der Waals surface area (Å²) >= 11 is 0. The van der Waals surface area contributed by atoms with Crippen molar-refractivity contribution >= 4 is 11.8 Å². The number of ketones is 1. The number of carbonyl (C=O) groups is 2. The minimum absolute atomic E-state index is 0.0211. The molecule has 0 aromatic heterocycles. The Balaban J connectivity index is 2.59. The zero-order valence-corrected chi connectivity index (χ0v) is 27.4. The lowest BCUT2D eigenvalue weighted by molar-refractivity contribution is -0.138. The fraction of sp³-hybridized carbons (Fsp3) is 0.778. The van der Waals surface area contributed by atoms with Gasteiger partial charge < -0.3 is 5.11 Å². The number of hydrogen-bond donors (Lipinski definition) is 1. The van der Waals surface area contributed by atoms with Crippen LogP contribution in [0.2, 0.25) is 0 Å². The minimum atomic E-state index is -0.906. The maximum absolute atomic E-state index is 12.5. The van der Waals surface area contributed by atoms with Crippen LogP contribution in [0.25, 0.3) is 0 Å². The first kappa shape index (κ1) is 35.4. The van der Waals surface area contributed by atoms with Crippen LogP contribution in [0, 0.1) is 50.9 Å². The fourth-order valence-corrected chi connectivity index (χ4v) is 6.15. The lowest BCUT2D eigenvalue weighted by atomic mass is 9.78.